The van der Waals surface area contributed by atoms with Gasteiger partial charge in [0.05, 0.1) is 18.1 Å². The number of nitrogens with one attached hydrogen (secondary N) is 1. The van der Waals surface area contributed by atoms with E-state index in [1.165, 1.54) is 26.0 Å². The summed E-state index contributed by atoms with van der Waals surface area (Å²) in [6.07, 6.45) is 4.55. The number of rotatable bonds is 4. The lowest BCUT2D eigenvalue weighted by Crippen LogP contribution is -2.13. The first-order valence-electron chi connectivity index (χ1n) is 6.10. The van der Waals surface area contributed by atoms with Gasteiger partial charge in [0.25, 0.3) is 0 Å². The first-order chi connectivity index (χ1) is 9.08. The number of ether oxygens (including phenoxy) is 1. The summed E-state index contributed by atoms with van der Waals surface area (Å²) >= 11 is 7.23. The summed E-state index contributed by atoms with van der Waals surface area (Å²) in [4.78, 5) is 3.07. The van der Waals surface area contributed by atoms with Gasteiger partial charge in [-0.15, -0.1) is 0 Å². The minimum Gasteiger partial charge on any atom is -0.494 e. The number of aromatic amines is 1. The van der Waals surface area contributed by atoms with Crippen LogP contribution in [0.25, 0.3) is 11.0 Å². The van der Waals surface area contributed by atoms with Crippen LogP contribution in [0.3, 0.4) is 0 Å². The monoisotopic (exact) mass is 298 g/mol. The fourth-order valence-corrected chi connectivity index (χ4v) is 3.37. The molecule has 0 saturated heterocycles. The van der Waals surface area contributed by atoms with Crippen LogP contribution < -0.4 is 4.74 Å². The Kier molecular flexibility index (Phi) is 3.09. The van der Waals surface area contributed by atoms with E-state index in [0.717, 1.165) is 17.6 Å². The van der Waals surface area contributed by atoms with Crippen molar-refractivity contribution in [2.45, 2.75) is 24.1 Å². The molecule has 6 heteroatoms. The van der Waals surface area contributed by atoms with E-state index in [0.29, 0.717) is 9.52 Å². The van der Waals surface area contributed by atoms with Crippen LogP contribution in [0.15, 0.2) is 12.1 Å². The summed E-state index contributed by atoms with van der Waals surface area (Å²) in [7, 11) is 1.47. The van der Waals surface area contributed by atoms with Crippen molar-refractivity contribution >= 4 is 35.0 Å². The molecule has 0 radical (unpaired) electrons. The summed E-state index contributed by atoms with van der Waals surface area (Å²) in [6.45, 7) is 0.863. The van der Waals surface area contributed by atoms with E-state index in [2.05, 4.69) is 15.8 Å². The van der Waals surface area contributed by atoms with E-state index < -0.39 is 0 Å². The van der Waals surface area contributed by atoms with E-state index in [1.54, 1.807) is 6.07 Å². The minimum atomic E-state index is -0.371. The largest absolute Gasteiger partial charge is 0.494 e. The van der Waals surface area contributed by atoms with E-state index in [4.69, 9.17) is 17.0 Å². The standard InChI is InChI=1S/C13H15FN2OS2/c1-17-11-6-10-9(5-8(11)14)15-12(18)16(10)7-13(19-2)3-4-13/h5-6H,3-4,7H2,1-2H3,(H,15,18). The molecule has 1 aromatic carbocycles. The number of H-pyrrole nitrogens is 1. The highest BCUT2D eigenvalue weighted by molar-refractivity contribution is 8.00. The van der Waals surface area contributed by atoms with Gasteiger partial charge in [-0.3, -0.25) is 0 Å². The highest BCUT2D eigenvalue weighted by Gasteiger charge is 2.42. The van der Waals surface area contributed by atoms with Gasteiger partial charge in [-0.05, 0) is 31.3 Å². The Balaban J connectivity index is 2.13. The van der Waals surface area contributed by atoms with Crippen LogP contribution in [0.1, 0.15) is 12.8 Å². The van der Waals surface area contributed by atoms with Crippen molar-refractivity contribution in [3.05, 3.63) is 22.7 Å². The Hall–Kier alpha value is -1.01. The average Bonchev–Trinajstić information content (AvgIpc) is 3.11. The molecule has 1 saturated carbocycles. The maximum Gasteiger partial charge on any atom is 0.178 e. The maximum absolute atomic E-state index is 13.7. The molecule has 1 fully saturated rings. The summed E-state index contributed by atoms with van der Waals surface area (Å²) in [5.74, 6) is -0.117. The quantitative estimate of drug-likeness (QED) is 0.872. The summed E-state index contributed by atoms with van der Waals surface area (Å²) in [6, 6.07) is 3.16. The van der Waals surface area contributed by atoms with Gasteiger partial charge in [0, 0.05) is 23.4 Å². The maximum atomic E-state index is 13.7. The molecule has 3 rings (SSSR count). The van der Waals surface area contributed by atoms with Gasteiger partial charge >= 0.3 is 0 Å². The van der Waals surface area contributed by atoms with Gasteiger partial charge in [-0.1, -0.05) is 0 Å². The van der Waals surface area contributed by atoms with Crippen LogP contribution in [0.2, 0.25) is 0 Å². The number of nitrogens with zero attached hydrogens (tertiary/aromatic N) is 1. The second-order valence-electron chi connectivity index (χ2n) is 4.91. The van der Waals surface area contributed by atoms with Crippen molar-refractivity contribution in [3.8, 4) is 5.75 Å². The zero-order chi connectivity index (χ0) is 13.6. The van der Waals surface area contributed by atoms with Crippen LogP contribution in [0, 0.1) is 10.6 Å². The molecule has 0 aliphatic heterocycles. The normalized spacial score (nSPS) is 16.8. The lowest BCUT2D eigenvalue weighted by atomic mass is 10.2. The Morgan fingerprint density at radius 1 is 1.53 bits per heavy atom. The molecule has 2 aromatic rings. The van der Waals surface area contributed by atoms with E-state index in [1.807, 2.05) is 11.8 Å². The van der Waals surface area contributed by atoms with Crippen molar-refractivity contribution in [1.82, 2.24) is 9.55 Å². The first-order valence-corrected chi connectivity index (χ1v) is 7.73. The van der Waals surface area contributed by atoms with Crippen molar-refractivity contribution < 1.29 is 9.13 Å². The van der Waals surface area contributed by atoms with Crippen LogP contribution >= 0.6 is 24.0 Å². The molecule has 1 heterocycles. The highest BCUT2D eigenvalue weighted by Crippen LogP contribution is 2.48. The predicted octanol–water partition coefficient (Wildman–Crippen LogP) is 3.74. The third-order valence-corrected chi connectivity index (χ3v) is 5.46. The second-order valence-corrected chi connectivity index (χ2v) is 6.57. The number of methoxy groups -OCH3 is 1. The summed E-state index contributed by atoms with van der Waals surface area (Å²) < 4.78 is 21.7. The molecule has 1 aliphatic carbocycles. The number of halogens is 1. The molecular weight excluding hydrogens is 283 g/mol. The van der Waals surface area contributed by atoms with E-state index >= 15 is 0 Å². The van der Waals surface area contributed by atoms with Gasteiger partial charge < -0.3 is 14.3 Å². The number of benzene rings is 1. The minimum absolute atomic E-state index is 0.254. The third-order valence-electron chi connectivity index (χ3n) is 3.73. The van der Waals surface area contributed by atoms with Crippen LogP contribution in [-0.2, 0) is 6.54 Å². The topological polar surface area (TPSA) is 29.9 Å². The van der Waals surface area contributed by atoms with Crippen LogP contribution in [-0.4, -0.2) is 27.7 Å². The third kappa shape index (κ3) is 2.17. The Morgan fingerprint density at radius 2 is 2.26 bits per heavy atom. The molecule has 3 nitrogen and oxygen atoms in total. The zero-order valence-electron chi connectivity index (χ0n) is 10.8. The fourth-order valence-electron chi connectivity index (χ4n) is 2.33. The first kappa shape index (κ1) is 13.0. The molecule has 0 atom stereocenters. The van der Waals surface area contributed by atoms with Gasteiger partial charge in [0.15, 0.2) is 16.3 Å². The number of aromatic nitrogens is 2. The predicted molar refractivity (Wildman–Crippen MR) is 79.1 cm³/mol. The smallest absolute Gasteiger partial charge is 0.178 e. The van der Waals surface area contributed by atoms with E-state index in [-0.39, 0.29) is 11.6 Å². The van der Waals surface area contributed by atoms with Gasteiger partial charge in [-0.25, -0.2) is 4.39 Å². The molecule has 102 valence electrons. The summed E-state index contributed by atoms with van der Waals surface area (Å²) in [5, 5.41) is 0. The lowest BCUT2D eigenvalue weighted by molar-refractivity contribution is 0.387. The molecule has 0 unspecified atom stereocenters. The summed E-state index contributed by atoms with van der Waals surface area (Å²) in [5.41, 5.74) is 1.63. The highest BCUT2D eigenvalue weighted by atomic mass is 32.2. The molecule has 0 bridgehead atoms. The molecule has 0 spiro atoms. The lowest BCUT2D eigenvalue weighted by Gasteiger charge is -2.13. The Morgan fingerprint density at radius 3 is 2.84 bits per heavy atom. The molecule has 19 heavy (non-hydrogen) atoms. The molecule has 1 aromatic heterocycles. The van der Waals surface area contributed by atoms with Gasteiger partial charge in [0.2, 0.25) is 0 Å². The van der Waals surface area contributed by atoms with Gasteiger partial charge in [0.1, 0.15) is 0 Å². The number of fused-ring (bicyclic) bond motifs is 1. The van der Waals surface area contributed by atoms with Crippen molar-refractivity contribution in [3.63, 3.8) is 0 Å². The number of hydrogen-bond donors (Lipinski definition) is 1. The van der Waals surface area contributed by atoms with Crippen molar-refractivity contribution in [2.24, 2.45) is 0 Å². The number of hydrogen-bond acceptors (Lipinski definition) is 3. The zero-order valence-corrected chi connectivity index (χ0v) is 12.5. The number of imidazole rings is 1. The van der Waals surface area contributed by atoms with Gasteiger partial charge in [-0.2, -0.15) is 11.8 Å². The molecule has 1 aliphatic rings. The fraction of sp³-hybridized carbons (Fsp3) is 0.462. The van der Waals surface area contributed by atoms with E-state index in [9.17, 15) is 4.39 Å². The molecular formula is C13H15FN2OS2. The SMILES string of the molecule is COc1cc2c(cc1F)[nH]c(=S)n2CC1(SC)CC1. The Bertz CT molecular complexity index is 688. The van der Waals surface area contributed by atoms with Crippen LogP contribution in [0.5, 0.6) is 5.75 Å². The molecule has 0 amide bonds. The van der Waals surface area contributed by atoms with Crippen molar-refractivity contribution in [2.75, 3.05) is 13.4 Å². The average molecular weight is 298 g/mol. The Labute approximate surface area is 120 Å². The van der Waals surface area contributed by atoms with Crippen LogP contribution in [0.4, 0.5) is 4.39 Å². The second kappa shape index (κ2) is 4.52. The number of thioether (sulfide) groups is 1. The van der Waals surface area contributed by atoms with Crippen molar-refractivity contribution in [1.29, 1.82) is 0 Å². The molecule has 1 N–H and O–H groups in total.